The number of amides is 2. The standard InChI is InChI=1S/C14H24N2O3/c17-13-5-1-3-11(13)12-4-2-6-16(12)14(18)15-7-9-19-10-8-15/h11-13,17H,1-10H2. The van der Waals surface area contributed by atoms with E-state index in [0.717, 1.165) is 38.6 Å². The molecular weight excluding hydrogens is 244 g/mol. The summed E-state index contributed by atoms with van der Waals surface area (Å²) in [5.74, 6) is 0.299. The average Bonchev–Trinajstić information content (AvgIpc) is 3.07. The quantitative estimate of drug-likeness (QED) is 0.774. The molecule has 5 nitrogen and oxygen atoms in total. The third-order valence-electron chi connectivity index (χ3n) is 4.85. The van der Waals surface area contributed by atoms with E-state index >= 15 is 0 Å². The Morgan fingerprint density at radius 2 is 1.84 bits per heavy atom. The number of hydrogen-bond acceptors (Lipinski definition) is 3. The molecule has 0 aromatic rings. The van der Waals surface area contributed by atoms with Crippen molar-refractivity contribution >= 4 is 6.03 Å². The number of carbonyl (C=O) groups excluding carboxylic acids is 1. The molecular formula is C14H24N2O3. The van der Waals surface area contributed by atoms with Gasteiger partial charge in [-0.2, -0.15) is 0 Å². The summed E-state index contributed by atoms with van der Waals surface area (Å²) in [6.45, 7) is 3.56. The molecule has 1 N–H and O–H groups in total. The van der Waals surface area contributed by atoms with Crippen LogP contribution in [0.1, 0.15) is 32.1 Å². The normalized spacial score (nSPS) is 35.9. The lowest BCUT2D eigenvalue weighted by molar-refractivity contribution is 0.0332. The second kappa shape index (κ2) is 5.67. The summed E-state index contributed by atoms with van der Waals surface area (Å²) in [5, 5.41) is 10.1. The molecule has 3 aliphatic rings. The Morgan fingerprint density at radius 3 is 2.53 bits per heavy atom. The van der Waals surface area contributed by atoms with E-state index in [1.807, 2.05) is 9.80 Å². The van der Waals surface area contributed by atoms with Crippen molar-refractivity contribution in [1.29, 1.82) is 0 Å². The summed E-state index contributed by atoms with van der Waals surface area (Å²) in [5.41, 5.74) is 0. The van der Waals surface area contributed by atoms with Gasteiger partial charge in [0.2, 0.25) is 0 Å². The molecule has 0 aromatic heterocycles. The van der Waals surface area contributed by atoms with Crippen molar-refractivity contribution in [2.45, 2.75) is 44.2 Å². The fourth-order valence-electron chi connectivity index (χ4n) is 3.83. The van der Waals surface area contributed by atoms with Crippen molar-refractivity contribution in [2.24, 2.45) is 5.92 Å². The minimum Gasteiger partial charge on any atom is -0.393 e. The van der Waals surface area contributed by atoms with Crippen molar-refractivity contribution in [2.75, 3.05) is 32.8 Å². The smallest absolute Gasteiger partial charge is 0.320 e. The molecule has 3 unspecified atom stereocenters. The largest absolute Gasteiger partial charge is 0.393 e. The Morgan fingerprint density at radius 1 is 1.05 bits per heavy atom. The Bertz CT molecular complexity index is 331. The van der Waals surface area contributed by atoms with Gasteiger partial charge in [-0.15, -0.1) is 0 Å². The Balaban J connectivity index is 1.66. The van der Waals surface area contributed by atoms with Crippen LogP contribution in [0.4, 0.5) is 4.79 Å². The van der Waals surface area contributed by atoms with Crippen molar-refractivity contribution in [3.8, 4) is 0 Å². The molecule has 0 spiro atoms. The van der Waals surface area contributed by atoms with Crippen LogP contribution in [0.3, 0.4) is 0 Å². The molecule has 2 heterocycles. The van der Waals surface area contributed by atoms with E-state index in [-0.39, 0.29) is 18.2 Å². The van der Waals surface area contributed by atoms with E-state index in [4.69, 9.17) is 4.74 Å². The number of hydrogen-bond donors (Lipinski definition) is 1. The fourth-order valence-corrected chi connectivity index (χ4v) is 3.83. The summed E-state index contributed by atoms with van der Waals surface area (Å²) in [6.07, 6.45) is 4.99. The fraction of sp³-hybridized carbons (Fsp3) is 0.929. The van der Waals surface area contributed by atoms with E-state index in [1.165, 1.54) is 0 Å². The molecule has 3 rings (SSSR count). The molecule has 3 fully saturated rings. The molecule has 0 aromatic carbocycles. The summed E-state index contributed by atoms with van der Waals surface area (Å²) in [6, 6.07) is 0.415. The first-order chi connectivity index (χ1) is 9.27. The number of urea groups is 1. The summed E-state index contributed by atoms with van der Waals surface area (Å²) in [7, 11) is 0. The van der Waals surface area contributed by atoms with Crippen LogP contribution in [0.15, 0.2) is 0 Å². The van der Waals surface area contributed by atoms with Crippen LogP contribution in [0.5, 0.6) is 0 Å². The summed E-state index contributed by atoms with van der Waals surface area (Å²) in [4.78, 5) is 16.5. The molecule has 0 bridgehead atoms. The van der Waals surface area contributed by atoms with Crippen LogP contribution >= 0.6 is 0 Å². The number of morpholine rings is 1. The van der Waals surface area contributed by atoms with Crippen LogP contribution < -0.4 is 0 Å². The van der Waals surface area contributed by atoms with E-state index < -0.39 is 0 Å². The maximum absolute atomic E-state index is 12.6. The highest BCUT2D eigenvalue weighted by molar-refractivity contribution is 5.75. The van der Waals surface area contributed by atoms with Gasteiger partial charge in [0.1, 0.15) is 0 Å². The Hall–Kier alpha value is -0.810. The van der Waals surface area contributed by atoms with Gasteiger partial charge in [0.05, 0.1) is 19.3 Å². The summed E-state index contributed by atoms with van der Waals surface area (Å²) >= 11 is 0. The maximum Gasteiger partial charge on any atom is 0.320 e. The van der Waals surface area contributed by atoms with E-state index in [9.17, 15) is 9.90 Å². The van der Waals surface area contributed by atoms with E-state index in [0.29, 0.717) is 32.2 Å². The topological polar surface area (TPSA) is 53.0 Å². The van der Waals surface area contributed by atoms with Crippen molar-refractivity contribution in [3.63, 3.8) is 0 Å². The Kier molecular flexibility index (Phi) is 3.93. The number of carbonyl (C=O) groups is 1. The number of ether oxygens (including phenoxy) is 1. The van der Waals surface area contributed by atoms with Gasteiger partial charge in [-0.25, -0.2) is 4.79 Å². The van der Waals surface area contributed by atoms with Gasteiger partial charge >= 0.3 is 6.03 Å². The predicted octanol–water partition coefficient (Wildman–Crippen LogP) is 1.06. The highest BCUT2D eigenvalue weighted by Gasteiger charge is 2.41. The highest BCUT2D eigenvalue weighted by atomic mass is 16.5. The maximum atomic E-state index is 12.6. The van der Waals surface area contributed by atoms with E-state index in [2.05, 4.69) is 0 Å². The minimum absolute atomic E-state index is 0.157. The van der Waals surface area contributed by atoms with Gasteiger partial charge in [0.15, 0.2) is 0 Å². The molecule has 19 heavy (non-hydrogen) atoms. The van der Waals surface area contributed by atoms with E-state index in [1.54, 1.807) is 0 Å². The van der Waals surface area contributed by atoms with Crippen LogP contribution in [-0.2, 0) is 4.74 Å². The van der Waals surface area contributed by atoms with Crippen LogP contribution in [0.25, 0.3) is 0 Å². The molecule has 3 atom stereocenters. The average molecular weight is 268 g/mol. The minimum atomic E-state index is -0.205. The predicted molar refractivity (Wildman–Crippen MR) is 70.9 cm³/mol. The highest BCUT2D eigenvalue weighted by Crippen LogP contribution is 2.36. The molecule has 5 heteroatoms. The van der Waals surface area contributed by atoms with Gasteiger partial charge < -0.3 is 19.6 Å². The zero-order valence-corrected chi connectivity index (χ0v) is 11.5. The molecule has 2 amide bonds. The lowest BCUT2D eigenvalue weighted by Gasteiger charge is -2.36. The summed E-state index contributed by atoms with van der Waals surface area (Å²) < 4.78 is 5.30. The van der Waals surface area contributed by atoms with Crippen LogP contribution in [0, 0.1) is 5.92 Å². The lowest BCUT2D eigenvalue weighted by atomic mass is 9.94. The first-order valence-corrected chi connectivity index (χ1v) is 7.59. The zero-order valence-electron chi connectivity index (χ0n) is 11.5. The van der Waals surface area contributed by atoms with Crippen LogP contribution in [-0.4, -0.2) is 65.9 Å². The molecule has 1 saturated carbocycles. The second-order valence-corrected chi connectivity index (χ2v) is 5.95. The van der Waals surface area contributed by atoms with Crippen molar-refractivity contribution in [3.05, 3.63) is 0 Å². The number of nitrogens with zero attached hydrogens (tertiary/aromatic N) is 2. The second-order valence-electron chi connectivity index (χ2n) is 5.95. The lowest BCUT2D eigenvalue weighted by Crippen LogP contribution is -2.51. The monoisotopic (exact) mass is 268 g/mol. The van der Waals surface area contributed by atoms with Gasteiger partial charge in [-0.1, -0.05) is 6.42 Å². The first-order valence-electron chi connectivity index (χ1n) is 7.59. The molecule has 0 radical (unpaired) electrons. The number of rotatable bonds is 1. The van der Waals surface area contributed by atoms with Crippen molar-refractivity contribution in [1.82, 2.24) is 9.80 Å². The van der Waals surface area contributed by atoms with Gasteiger partial charge in [0.25, 0.3) is 0 Å². The molecule has 2 saturated heterocycles. The Labute approximate surface area is 114 Å². The number of likely N-dealkylation sites (tertiary alicyclic amines) is 1. The van der Waals surface area contributed by atoms with Gasteiger partial charge in [0, 0.05) is 31.6 Å². The van der Waals surface area contributed by atoms with Crippen LogP contribution in [0.2, 0.25) is 0 Å². The molecule has 1 aliphatic carbocycles. The third-order valence-corrected chi connectivity index (χ3v) is 4.85. The first kappa shape index (κ1) is 13.2. The van der Waals surface area contributed by atoms with Crippen molar-refractivity contribution < 1.29 is 14.6 Å². The SMILES string of the molecule is O=C(N1CCOCC1)N1CCCC1C1CCCC1O. The molecule has 108 valence electrons. The van der Waals surface area contributed by atoms with Gasteiger partial charge in [-0.05, 0) is 25.7 Å². The number of aliphatic hydroxyl groups excluding tert-OH is 1. The third kappa shape index (κ3) is 2.58. The molecule has 2 aliphatic heterocycles. The zero-order chi connectivity index (χ0) is 13.2. The number of aliphatic hydroxyl groups is 1. The van der Waals surface area contributed by atoms with Gasteiger partial charge in [-0.3, -0.25) is 0 Å².